The predicted molar refractivity (Wildman–Crippen MR) is 105 cm³/mol. The van der Waals surface area contributed by atoms with Crippen molar-refractivity contribution in [1.29, 1.82) is 0 Å². The molecule has 0 spiro atoms. The fraction of sp³-hybridized carbons (Fsp3) is 0.700. The molecule has 1 saturated carbocycles. The van der Waals surface area contributed by atoms with Gasteiger partial charge in [-0.1, -0.05) is 6.92 Å². The molecule has 0 amide bonds. The Morgan fingerprint density at radius 2 is 1.56 bits per heavy atom. The second-order valence-electron chi connectivity index (χ2n) is 7.14. The molecular formula is C20H33ClN2O2. The van der Waals surface area contributed by atoms with E-state index in [-0.39, 0.29) is 12.4 Å². The molecule has 1 aliphatic carbocycles. The molecule has 5 heteroatoms. The minimum atomic E-state index is 0. The molecule has 1 aliphatic heterocycles. The van der Waals surface area contributed by atoms with Gasteiger partial charge < -0.3 is 14.8 Å². The first-order valence-electron chi connectivity index (χ1n) is 9.65. The molecule has 0 radical (unpaired) electrons. The Morgan fingerprint density at radius 1 is 0.960 bits per heavy atom. The maximum Gasteiger partial charge on any atom is 0.119 e. The first kappa shape index (κ1) is 20.3. The maximum atomic E-state index is 5.87. The highest BCUT2D eigenvalue weighted by Crippen LogP contribution is 2.28. The number of ether oxygens (including phenoxy) is 2. The van der Waals surface area contributed by atoms with Crippen LogP contribution in [0.3, 0.4) is 0 Å². The highest BCUT2D eigenvalue weighted by molar-refractivity contribution is 5.85. The topological polar surface area (TPSA) is 33.7 Å². The molecule has 1 aromatic carbocycles. The van der Waals surface area contributed by atoms with E-state index in [2.05, 4.69) is 17.1 Å². The Labute approximate surface area is 158 Å². The van der Waals surface area contributed by atoms with Crippen LogP contribution in [-0.2, 0) is 0 Å². The van der Waals surface area contributed by atoms with Crippen molar-refractivity contribution in [2.75, 3.05) is 39.4 Å². The Balaban J connectivity index is 0.00000225. The summed E-state index contributed by atoms with van der Waals surface area (Å²) in [4.78, 5) is 2.52. The van der Waals surface area contributed by atoms with Crippen molar-refractivity contribution in [2.45, 2.75) is 45.1 Å². The zero-order chi connectivity index (χ0) is 16.6. The van der Waals surface area contributed by atoms with Crippen molar-refractivity contribution in [3.8, 4) is 11.5 Å². The van der Waals surface area contributed by atoms with Gasteiger partial charge in [0.2, 0.25) is 0 Å². The first-order chi connectivity index (χ1) is 11.8. The van der Waals surface area contributed by atoms with Crippen LogP contribution < -0.4 is 14.8 Å². The molecular weight excluding hydrogens is 336 g/mol. The summed E-state index contributed by atoms with van der Waals surface area (Å²) in [6.07, 6.45) is 6.46. The Morgan fingerprint density at radius 3 is 2.12 bits per heavy atom. The Hall–Kier alpha value is -0.970. The molecule has 4 nitrogen and oxygen atoms in total. The van der Waals surface area contributed by atoms with E-state index in [0.29, 0.717) is 0 Å². The number of benzene rings is 1. The molecule has 1 N–H and O–H groups in total. The number of halogens is 1. The summed E-state index contributed by atoms with van der Waals surface area (Å²) >= 11 is 0. The summed E-state index contributed by atoms with van der Waals surface area (Å²) < 4.78 is 11.5. The predicted octanol–water partition coefficient (Wildman–Crippen LogP) is 3.74. The lowest BCUT2D eigenvalue weighted by Gasteiger charge is -2.32. The van der Waals surface area contributed by atoms with Gasteiger partial charge in [-0.3, -0.25) is 4.90 Å². The van der Waals surface area contributed by atoms with Gasteiger partial charge in [0.05, 0.1) is 6.61 Å². The molecule has 2 fully saturated rings. The molecule has 0 unspecified atom stereocenters. The molecule has 1 saturated heterocycles. The van der Waals surface area contributed by atoms with Crippen LogP contribution >= 0.6 is 12.4 Å². The normalized spacial score (nSPS) is 18.6. The van der Waals surface area contributed by atoms with Gasteiger partial charge in [-0.25, -0.2) is 0 Å². The molecule has 142 valence electrons. The number of hydrogen-bond donors (Lipinski definition) is 1. The molecule has 3 rings (SSSR count). The highest BCUT2D eigenvalue weighted by Gasteiger charge is 2.24. The van der Waals surface area contributed by atoms with E-state index >= 15 is 0 Å². The molecule has 1 heterocycles. The van der Waals surface area contributed by atoms with Gasteiger partial charge in [-0.15, -0.1) is 12.4 Å². The third kappa shape index (κ3) is 7.43. The Kier molecular flexibility index (Phi) is 8.87. The summed E-state index contributed by atoms with van der Waals surface area (Å²) in [7, 11) is 0. The number of rotatable bonds is 10. The molecule has 1 aromatic rings. The number of piperidine rings is 1. The fourth-order valence-electron chi connectivity index (χ4n) is 3.16. The quantitative estimate of drug-likeness (QED) is 0.682. The minimum Gasteiger partial charge on any atom is -0.494 e. The summed E-state index contributed by atoms with van der Waals surface area (Å²) in [6, 6.07) is 8.71. The van der Waals surface area contributed by atoms with Crippen molar-refractivity contribution < 1.29 is 9.47 Å². The summed E-state index contributed by atoms with van der Waals surface area (Å²) in [6.45, 7) is 8.28. The van der Waals surface area contributed by atoms with E-state index in [1.807, 2.05) is 24.3 Å². The zero-order valence-corrected chi connectivity index (χ0v) is 16.2. The average Bonchev–Trinajstić information content (AvgIpc) is 3.45. The van der Waals surface area contributed by atoms with Gasteiger partial charge in [0.15, 0.2) is 0 Å². The monoisotopic (exact) mass is 368 g/mol. The van der Waals surface area contributed by atoms with E-state index in [1.54, 1.807) is 0 Å². The first-order valence-corrected chi connectivity index (χ1v) is 9.65. The van der Waals surface area contributed by atoms with Crippen LogP contribution in [0.15, 0.2) is 24.3 Å². The van der Waals surface area contributed by atoms with Crippen molar-refractivity contribution in [2.24, 2.45) is 5.92 Å². The summed E-state index contributed by atoms with van der Waals surface area (Å²) in [5.41, 5.74) is 0. The van der Waals surface area contributed by atoms with E-state index in [9.17, 15) is 0 Å². The lowest BCUT2D eigenvalue weighted by atomic mass is 10.0. The highest BCUT2D eigenvalue weighted by atomic mass is 35.5. The van der Waals surface area contributed by atoms with Crippen LogP contribution in [0.4, 0.5) is 0 Å². The standard InChI is InChI=1S/C20H32N2O2.ClH/c1-2-14-23-19-5-7-20(8-6-19)24-15-13-22-11-9-18(10-12-22)21-16-17-3-4-17;/h5-8,17-18,21H,2-4,9-16H2,1H3;1H. The van der Waals surface area contributed by atoms with Crippen LogP contribution in [0.2, 0.25) is 0 Å². The molecule has 25 heavy (non-hydrogen) atoms. The van der Waals surface area contributed by atoms with Crippen molar-refractivity contribution in [1.82, 2.24) is 10.2 Å². The van der Waals surface area contributed by atoms with Crippen LogP contribution in [0.25, 0.3) is 0 Å². The van der Waals surface area contributed by atoms with Crippen molar-refractivity contribution >= 4 is 12.4 Å². The largest absolute Gasteiger partial charge is 0.494 e. The van der Waals surface area contributed by atoms with E-state index in [4.69, 9.17) is 9.47 Å². The molecule has 0 bridgehead atoms. The van der Waals surface area contributed by atoms with Gasteiger partial charge in [-0.2, -0.15) is 0 Å². The number of nitrogens with zero attached hydrogens (tertiary/aromatic N) is 1. The van der Waals surface area contributed by atoms with Crippen LogP contribution in [0.1, 0.15) is 39.0 Å². The average molecular weight is 369 g/mol. The van der Waals surface area contributed by atoms with Crippen molar-refractivity contribution in [3.05, 3.63) is 24.3 Å². The van der Waals surface area contributed by atoms with Gasteiger partial charge in [-0.05, 0) is 81.9 Å². The third-order valence-corrected chi connectivity index (χ3v) is 4.95. The fourth-order valence-corrected chi connectivity index (χ4v) is 3.16. The zero-order valence-electron chi connectivity index (χ0n) is 15.4. The van der Waals surface area contributed by atoms with E-state index in [0.717, 1.165) is 49.6 Å². The van der Waals surface area contributed by atoms with E-state index < -0.39 is 0 Å². The molecule has 0 atom stereocenters. The lowest BCUT2D eigenvalue weighted by molar-refractivity contribution is 0.164. The second-order valence-corrected chi connectivity index (χ2v) is 7.14. The smallest absolute Gasteiger partial charge is 0.119 e. The van der Waals surface area contributed by atoms with Crippen LogP contribution in [-0.4, -0.2) is 50.3 Å². The van der Waals surface area contributed by atoms with Crippen molar-refractivity contribution in [3.63, 3.8) is 0 Å². The molecule has 0 aromatic heterocycles. The third-order valence-electron chi connectivity index (χ3n) is 4.95. The van der Waals surface area contributed by atoms with Crippen LogP contribution in [0, 0.1) is 5.92 Å². The van der Waals surface area contributed by atoms with Gasteiger partial charge in [0, 0.05) is 12.6 Å². The summed E-state index contributed by atoms with van der Waals surface area (Å²) in [5.74, 6) is 2.83. The minimum absolute atomic E-state index is 0. The molecule has 2 aliphatic rings. The van der Waals surface area contributed by atoms with Gasteiger partial charge >= 0.3 is 0 Å². The number of nitrogens with one attached hydrogen (secondary N) is 1. The van der Waals surface area contributed by atoms with Gasteiger partial charge in [0.1, 0.15) is 18.1 Å². The summed E-state index contributed by atoms with van der Waals surface area (Å²) in [5, 5.41) is 3.74. The van der Waals surface area contributed by atoms with Gasteiger partial charge in [0.25, 0.3) is 0 Å². The lowest BCUT2D eigenvalue weighted by Crippen LogP contribution is -2.44. The second kappa shape index (κ2) is 10.9. The van der Waals surface area contributed by atoms with Crippen LogP contribution in [0.5, 0.6) is 11.5 Å². The maximum absolute atomic E-state index is 5.87. The number of hydrogen-bond acceptors (Lipinski definition) is 4. The van der Waals surface area contributed by atoms with E-state index in [1.165, 1.54) is 45.3 Å². The number of likely N-dealkylation sites (tertiary alicyclic amines) is 1. The SMILES string of the molecule is CCCOc1ccc(OCCN2CCC(NCC3CC3)CC2)cc1.Cl. The Bertz CT molecular complexity index is 471.